The Hall–Kier alpha value is -0.780. The van der Waals surface area contributed by atoms with E-state index in [0.717, 1.165) is 0 Å². The van der Waals surface area contributed by atoms with Crippen LogP contribution in [0.25, 0.3) is 0 Å². The maximum Gasteiger partial charge on any atom is 0.422 e. The Bertz CT molecular complexity index is 289. The Morgan fingerprint density at radius 1 is 1.46 bits per heavy atom. The molecule has 1 rings (SSSR count). The number of hydrogen-bond acceptors (Lipinski definition) is 2. The highest BCUT2D eigenvalue weighted by molar-refractivity contribution is 9.10. The number of ether oxygens (including phenoxy) is 1. The average molecular weight is 256 g/mol. The highest BCUT2D eigenvalue weighted by Crippen LogP contribution is 2.19. The predicted octanol–water partition coefficient (Wildman–Crippen LogP) is 2.79. The van der Waals surface area contributed by atoms with Crippen molar-refractivity contribution in [3.63, 3.8) is 0 Å². The molecule has 0 bridgehead atoms. The monoisotopic (exact) mass is 255 g/mol. The Balaban J connectivity index is 2.55. The lowest BCUT2D eigenvalue weighted by molar-refractivity contribution is -0.154. The lowest BCUT2D eigenvalue weighted by Crippen LogP contribution is -2.19. The smallest absolute Gasteiger partial charge is 0.422 e. The second kappa shape index (κ2) is 3.95. The number of halogens is 4. The molecule has 0 unspecified atom stereocenters. The fraction of sp³-hybridized carbons (Fsp3) is 0.286. The normalized spacial score (nSPS) is 11.4. The zero-order valence-corrected chi connectivity index (χ0v) is 7.89. The minimum absolute atomic E-state index is 0.0494. The van der Waals surface area contributed by atoms with Gasteiger partial charge in [-0.15, -0.1) is 0 Å². The molecule has 72 valence electrons. The van der Waals surface area contributed by atoms with Gasteiger partial charge in [0.1, 0.15) is 0 Å². The minimum atomic E-state index is -4.33. The number of nitrogens with zero attached hydrogens (tertiary/aromatic N) is 1. The van der Waals surface area contributed by atoms with E-state index >= 15 is 0 Å². The molecule has 0 saturated heterocycles. The van der Waals surface area contributed by atoms with Gasteiger partial charge in [-0.25, -0.2) is 4.98 Å². The van der Waals surface area contributed by atoms with Crippen LogP contribution in [0.4, 0.5) is 13.2 Å². The third-order valence-corrected chi connectivity index (χ3v) is 1.57. The summed E-state index contributed by atoms with van der Waals surface area (Å²) in [7, 11) is 0. The molecule has 6 heteroatoms. The van der Waals surface area contributed by atoms with E-state index in [-0.39, 0.29) is 5.88 Å². The second-order valence-electron chi connectivity index (χ2n) is 2.22. The molecule has 13 heavy (non-hydrogen) atoms. The maximum atomic E-state index is 11.7. The molecule has 0 aliphatic rings. The molecular formula is C7H5BrF3NO. The summed E-state index contributed by atoms with van der Waals surface area (Å²) >= 11 is 3.08. The summed E-state index contributed by atoms with van der Waals surface area (Å²) in [5, 5.41) is 0. The SMILES string of the molecule is FC(F)(F)COc1cc(Br)ccn1. The summed E-state index contributed by atoms with van der Waals surface area (Å²) < 4.78 is 40.0. The standard InChI is InChI=1S/C7H5BrF3NO/c8-5-1-2-12-6(3-5)13-4-7(9,10)11/h1-3H,4H2. The fourth-order valence-corrected chi connectivity index (χ4v) is 0.934. The van der Waals surface area contributed by atoms with Crippen LogP contribution in [-0.4, -0.2) is 17.8 Å². The van der Waals surface area contributed by atoms with Crippen molar-refractivity contribution in [2.24, 2.45) is 0 Å². The Kier molecular flexibility index (Phi) is 3.13. The van der Waals surface area contributed by atoms with Crippen molar-refractivity contribution in [3.05, 3.63) is 22.8 Å². The summed E-state index contributed by atoms with van der Waals surface area (Å²) in [6, 6.07) is 2.96. The van der Waals surface area contributed by atoms with E-state index < -0.39 is 12.8 Å². The molecule has 1 aromatic rings. The van der Waals surface area contributed by atoms with Gasteiger partial charge in [-0.1, -0.05) is 15.9 Å². The molecule has 0 radical (unpaired) electrons. The first kappa shape index (κ1) is 10.3. The zero-order valence-electron chi connectivity index (χ0n) is 6.31. The van der Waals surface area contributed by atoms with Gasteiger partial charge < -0.3 is 4.74 Å². The highest BCUT2D eigenvalue weighted by Gasteiger charge is 2.28. The molecule has 0 aliphatic carbocycles. The van der Waals surface area contributed by atoms with Crippen LogP contribution in [0.3, 0.4) is 0 Å². The Morgan fingerprint density at radius 3 is 2.69 bits per heavy atom. The lowest BCUT2D eigenvalue weighted by Gasteiger charge is -2.07. The third-order valence-electron chi connectivity index (χ3n) is 1.08. The van der Waals surface area contributed by atoms with E-state index in [2.05, 4.69) is 25.7 Å². The van der Waals surface area contributed by atoms with Crippen molar-refractivity contribution in [2.75, 3.05) is 6.61 Å². The zero-order chi connectivity index (χ0) is 9.90. The van der Waals surface area contributed by atoms with Crippen molar-refractivity contribution >= 4 is 15.9 Å². The second-order valence-corrected chi connectivity index (χ2v) is 3.13. The van der Waals surface area contributed by atoms with E-state index in [0.29, 0.717) is 4.47 Å². The van der Waals surface area contributed by atoms with Gasteiger partial charge >= 0.3 is 6.18 Å². The molecule has 0 N–H and O–H groups in total. The molecule has 0 fully saturated rings. The molecule has 0 spiro atoms. The number of hydrogen-bond donors (Lipinski definition) is 0. The van der Waals surface area contributed by atoms with Gasteiger partial charge in [0, 0.05) is 16.7 Å². The van der Waals surface area contributed by atoms with Crippen LogP contribution in [0.15, 0.2) is 22.8 Å². The summed E-state index contributed by atoms with van der Waals surface area (Å²) in [5.74, 6) is -0.0494. The highest BCUT2D eigenvalue weighted by atomic mass is 79.9. The van der Waals surface area contributed by atoms with Crippen LogP contribution in [0.2, 0.25) is 0 Å². The number of alkyl halides is 3. The van der Waals surface area contributed by atoms with Crippen LogP contribution in [0.5, 0.6) is 5.88 Å². The lowest BCUT2D eigenvalue weighted by atomic mass is 10.5. The molecule has 0 atom stereocenters. The Labute approximate surface area is 80.9 Å². The number of pyridine rings is 1. The van der Waals surface area contributed by atoms with Crippen LogP contribution < -0.4 is 4.74 Å². The van der Waals surface area contributed by atoms with Crippen molar-refractivity contribution in [1.82, 2.24) is 4.98 Å². The van der Waals surface area contributed by atoms with Gasteiger partial charge in [-0.3, -0.25) is 0 Å². The van der Waals surface area contributed by atoms with Crippen LogP contribution in [0.1, 0.15) is 0 Å². The first-order valence-corrected chi connectivity index (χ1v) is 4.08. The van der Waals surface area contributed by atoms with Crippen molar-refractivity contribution in [1.29, 1.82) is 0 Å². The first-order chi connectivity index (χ1) is 5.97. The summed E-state index contributed by atoms with van der Waals surface area (Å²) in [6.07, 6.45) is -2.97. The molecule has 0 saturated carbocycles. The summed E-state index contributed by atoms with van der Waals surface area (Å²) in [6.45, 7) is -1.32. The largest absolute Gasteiger partial charge is 0.468 e. The summed E-state index contributed by atoms with van der Waals surface area (Å²) in [5.41, 5.74) is 0. The molecule has 0 amide bonds. The molecule has 1 aromatic heterocycles. The number of aromatic nitrogens is 1. The maximum absolute atomic E-state index is 11.7. The quantitative estimate of drug-likeness (QED) is 0.811. The van der Waals surface area contributed by atoms with Crippen molar-refractivity contribution in [3.8, 4) is 5.88 Å². The first-order valence-electron chi connectivity index (χ1n) is 3.28. The average Bonchev–Trinajstić information content (AvgIpc) is 2.00. The molecular weight excluding hydrogens is 251 g/mol. The third kappa shape index (κ3) is 4.12. The van der Waals surface area contributed by atoms with E-state index in [1.807, 2.05) is 0 Å². The molecule has 1 heterocycles. The minimum Gasteiger partial charge on any atom is -0.468 e. The van der Waals surface area contributed by atoms with Gasteiger partial charge in [-0.2, -0.15) is 13.2 Å². The van der Waals surface area contributed by atoms with Crippen LogP contribution >= 0.6 is 15.9 Å². The van der Waals surface area contributed by atoms with Crippen LogP contribution in [-0.2, 0) is 0 Å². The van der Waals surface area contributed by atoms with Gasteiger partial charge in [0.25, 0.3) is 0 Å². The van der Waals surface area contributed by atoms with Gasteiger partial charge in [0.2, 0.25) is 5.88 Å². The van der Waals surface area contributed by atoms with Crippen LogP contribution in [0, 0.1) is 0 Å². The van der Waals surface area contributed by atoms with Gasteiger partial charge in [-0.05, 0) is 6.07 Å². The molecule has 0 aromatic carbocycles. The fourth-order valence-electron chi connectivity index (χ4n) is 0.620. The number of rotatable bonds is 2. The summed E-state index contributed by atoms with van der Waals surface area (Å²) in [4.78, 5) is 3.59. The molecule has 2 nitrogen and oxygen atoms in total. The predicted molar refractivity (Wildman–Crippen MR) is 43.5 cm³/mol. The van der Waals surface area contributed by atoms with Gasteiger partial charge in [0.05, 0.1) is 0 Å². The van der Waals surface area contributed by atoms with E-state index in [1.54, 1.807) is 6.07 Å². The van der Waals surface area contributed by atoms with Crippen molar-refractivity contribution in [2.45, 2.75) is 6.18 Å². The van der Waals surface area contributed by atoms with Gasteiger partial charge in [0.15, 0.2) is 6.61 Å². The molecule has 0 aliphatic heterocycles. The Morgan fingerprint density at radius 2 is 2.15 bits per heavy atom. The van der Waals surface area contributed by atoms with E-state index in [9.17, 15) is 13.2 Å². The van der Waals surface area contributed by atoms with E-state index in [1.165, 1.54) is 12.3 Å². The van der Waals surface area contributed by atoms with E-state index in [4.69, 9.17) is 0 Å². The topological polar surface area (TPSA) is 22.1 Å². The van der Waals surface area contributed by atoms with Crippen molar-refractivity contribution < 1.29 is 17.9 Å².